The molecule has 0 saturated carbocycles. The molecule has 34 heavy (non-hydrogen) atoms. The van der Waals surface area contributed by atoms with Gasteiger partial charge < -0.3 is 13.6 Å². The highest BCUT2D eigenvalue weighted by molar-refractivity contribution is 6.28. The van der Waals surface area contributed by atoms with Crippen molar-refractivity contribution in [3.8, 4) is 0 Å². The lowest BCUT2D eigenvalue weighted by molar-refractivity contribution is 0.597. The molecule has 2 aliphatic carbocycles. The molecule has 3 heterocycles. The second kappa shape index (κ2) is 6.54. The van der Waals surface area contributed by atoms with Gasteiger partial charge >= 0.3 is 0 Å². The topological polar surface area (TPSA) is 23.0 Å². The summed E-state index contributed by atoms with van der Waals surface area (Å²) in [6, 6.07) is 18.0. The zero-order valence-corrected chi connectivity index (χ0v) is 19.1. The summed E-state index contributed by atoms with van der Waals surface area (Å²) in [6.45, 7) is 0. The molecule has 0 radical (unpaired) electrons. The third kappa shape index (κ3) is 2.22. The molecule has 2 aliphatic rings. The average Bonchev–Trinajstić information content (AvgIpc) is 3.52. The molecule has 0 atom stereocenters. The molecular weight excluding hydrogens is 416 g/mol. The summed E-state index contributed by atoms with van der Waals surface area (Å²) in [5, 5.41) is 6.44. The summed E-state index contributed by atoms with van der Waals surface area (Å²) >= 11 is 0. The van der Waals surface area contributed by atoms with Gasteiger partial charge in [0.15, 0.2) is 5.58 Å². The Balaban J connectivity index is 1.57. The number of para-hydroxylation sites is 1. The van der Waals surface area contributed by atoms with Gasteiger partial charge in [0.1, 0.15) is 5.76 Å². The van der Waals surface area contributed by atoms with Crippen LogP contribution in [0.25, 0.3) is 66.4 Å². The first-order chi connectivity index (χ1) is 16.8. The fourth-order valence-electron chi connectivity index (χ4n) is 6.38. The highest BCUT2D eigenvalue weighted by Gasteiger charge is 2.23. The highest BCUT2D eigenvalue weighted by Crippen LogP contribution is 2.43. The first-order valence-electron chi connectivity index (χ1n) is 12.2. The van der Waals surface area contributed by atoms with E-state index < -0.39 is 0 Å². The number of rotatable bonds is 1. The molecule has 3 aromatic carbocycles. The van der Waals surface area contributed by atoms with E-state index in [2.05, 4.69) is 95.1 Å². The molecule has 0 unspecified atom stereocenters. The Kier molecular flexibility index (Phi) is 3.55. The number of fused-ring (bicyclic) bond motifs is 11. The van der Waals surface area contributed by atoms with Crippen molar-refractivity contribution in [1.29, 1.82) is 0 Å². The molecule has 0 saturated heterocycles. The second-order valence-corrected chi connectivity index (χ2v) is 9.62. The fraction of sp³-hybridized carbons (Fsp3) is 0.161. The maximum Gasteiger partial charge on any atom is 0.159 e. The van der Waals surface area contributed by atoms with Crippen LogP contribution in [0.1, 0.15) is 30.6 Å². The predicted molar refractivity (Wildman–Crippen MR) is 143 cm³/mol. The van der Waals surface area contributed by atoms with Crippen LogP contribution < -0.4 is 0 Å². The van der Waals surface area contributed by atoms with Crippen LogP contribution in [-0.2, 0) is 13.5 Å². The van der Waals surface area contributed by atoms with Crippen molar-refractivity contribution in [3.05, 3.63) is 84.2 Å². The SMILES string of the molecule is Cn1c2c(ccc3c4c(oc32)C=CCC4)c2ccc3c(c4ccccc4n3C3=CC=CCC3)c21. The Hall–Kier alpha value is -3.98. The van der Waals surface area contributed by atoms with Crippen molar-refractivity contribution in [2.75, 3.05) is 0 Å². The minimum atomic E-state index is 1.02. The maximum absolute atomic E-state index is 6.48. The number of aromatic nitrogens is 2. The van der Waals surface area contributed by atoms with Crippen molar-refractivity contribution in [3.63, 3.8) is 0 Å². The number of allylic oxidation sites excluding steroid dienone is 5. The van der Waals surface area contributed by atoms with E-state index in [9.17, 15) is 0 Å². The van der Waals surface area contributed by atoms with Gasteiger partial charge in [0.25, 0.3) is 0 Å². The first kappa shape index (κ1) is 18.4. The summed E-state index contributed by atoms with van der Waals surface area (Å²) in [4.78, 5) is 0. The molecule has 3 nitrogen and oxygen atoms in total. The quantitative estimate of drug-likeness (QED) is 0.252. The summed E-state index contributed by atoms with van der Waals surface area (Å²) in [5.74, 6) is 1.03. The van der Waals surface area contributed by atoms with Crippen molar-refractivity contribution >= 4 is 66.4 Å². The van der Waals surface area contributed by atoms with Crippen molar-refractivity contribution in [2.45, 2.75) is 25.7 Å². The molecule has 6 aromatic rings. The highest BCUT2D eigenvalue weighted by atomic mass is 16.3. The minimum Gasteiger partial charge on any atom is -0.454 e. The summed E-state index contributed by atoms with van der Waals surface area (Å²) in [6.07, 6.45) is 15.4. The van der Waals surface area contributed by atoms with E-state index in [0.717, 1.165) is 37.0 Å². The Morgan fingerprint density at radius 3 is 2.50 bits per heavy atom. The lowest BCUT2D eigenvalue weighted by Crippen LogP contribution is -1.98. The van der Waals surface area contributed by atoms with Crippen LogP contribution in [0.15, 0.2) is 77.3 Å². The summed E-state index contributed by atoms with van der Waals surface area (Å²) in [7, 11) is 2.20. The number of benzene rings is 3. The molecule has 0 N–H and O–H groups in total. The number of furan rings is 1. The largest absolute Gasteiger partial charge is 0.454 e. The normalized spacial score (nSPS) is 15.9. The van der Waals surface area contributed by atoms with E-state index in [1.807, 2.05) is 0 Å². The first-order valence-corrected chi connectivity index (χ1v) is 12.2. The Labute approximate surface area is 196 Å². The Morgan fingerprint density at radius 1 is 0.765 bits per heavy atom. The van der Waals surface area contributed by atoms with Gasteiger partial charge in [-0.2, -0.15) is 0 Å². The monoisotopic (exact) mass is 440 g/mol. The number of nitrogens with zero attached hydrogens (tertiary/aromatic N) is 2. The van der Waals surface area contributed by atoms with E-state index >= 15 is 0 Å². The molecule has 3 heteroatoms. The van der Waals surface area contributed by atoms with Gasteiger partial charge in [-0.05, 0) is 50.0 Å². The summed E-state index contributed by atoms with van der Waals surface area (Å²) < 4.78 is 11.3. The lowest BCUT2D eigenvalue weighted by atomic mass is 10.00. The van der Waals surface area contributed by atoms with Crippen molar-refractivity contribution < 1.29 is 4.42 Å². The zero-order chi connectivity index (χ0) is 22.4. The molecule has 8 rings (SSSR count). The van der Waals surface area contributed by atoms with E-state index in [0.29, 0.717) is 0 Å². The van der Waals surface area contributed by atoms with E-state index in [1.54, 1.807) is 0 Å². The third-order valence-corrected chi connectivity index (χ3v) is 7.85. The number of hydrogen-bond donors (Lipinski definition) is 0. The Bertz CT molecular complexity index is 1920. The second-order valence-electron chi connectivity index (χ2n) is 9.62. The predicted octanol–water partition coefficient (Wildman–Crippen LogP) is 8.34. The van der Waals surface area contributed by atoms with E-state index in [1.165, 1.54) is 60.3 Å². The molecule has 0 fully saturated rings. The van der Waals surface area contributed by atoms with Gasteiger partial charge in [-0.1, -0.05) is 54.6 Å². The zero-order valence-electron chi connectivity index (χ0n) is 19.1. The van der Waals surface area contributed by atoms with Crippen molar-refractivity contribution in [2.24, 2.45) is 7.05 Å². The molecule has 0 spiro atoms. The summed E-state index contributed by atoms with van der Waals surface area (Å²) in [5.41, 5.74) is 8.76. The molecule has 0 amide bonds. The van der Waals surface area contributed by atoms with Crippen LogP contribution in [0.4, 0.5) is 0 Å². The molecule has 0 bridgehead atoms. The van der Waals surface area contributed by atoms with Crippen LogP contribution in [0, 0.1) is 0 Å². The minimum absolute atomic E-state index is 1.02. The van der Waals surface area contributed by atoms with Gasteiger partial charge in [-0.15, -0.1) is 0 Å². The van der Waals surface area contributed by atoms with Crippen LogP contribution in [0.2, 0.25) is 0 Å². The lowest BCUT2D eigenvalue weighted by Gasteiger charge is -2.13. The molecule has 164 valence electrons. The Morgan fingerprint density at radius 2 is 1.59 bits per heavy atom. The molecule has 3 aromatic heterocycles. The van der Waals surface area contributed by atoms with E-state index in [-0.39, 0.29) is 0 Å². The molecule has 0 aliphatic heterocycles. The van der Waals surface area contributed by atoms with Gasteiger partial charge in [-0.3, -0.25) is 0 Å². The fourth-order valence-corrected chi connectivity index (χ4v) is 6.38. The van der Waals surface area contributed by atoms with Gasteiger partial charge in [-0.25, -0.2) is 0 Å². The smallest absolute Gasteiger partial charge is 0.159 e. The standard InChI is InChI=1S/C31H24N2O/c1-32-29-21(22-15-16-23-20-11-6-8-14-27(20)34-31(23)30(22)32)17-18-26-28(29)24-12-5-7-13-25(24)33(26)19-9-3-2-4-10-19/h2-3,5,7-9,12-18H,4,6,10-11H2,1H3. The third-order valence-electron chi connectivity index (χ3n) is 7.85. The number of aryl methyl sites for hydroxylation is 2. The van der Waals surface area contributed by atoms with Crippen LogP contribution >= 0.6 is 0 Å². The van der Waals surface area contributed by atoms with Crippen LogP contribution in [-0.4, -0.2) is 9.13 Å². The van der Waals surface area contributed by atoms with Crippen LogP contribution in [0.5, 0.6) is 0 Å². The van der Waals surface area contributed by atoms with Crippen molar-refractivity contribution in [1.82, 2.24) is 9.13 Å². The van der Waals surface area contributed by atoms with Gasteiger partial charge in [0, 0.05) is 45.2 Å². The maximum atomic E-state index is 6.48. The van der Waals surface area contributed by atoms with Crippen LogP contribution in [0.3, 0.4) is 0 Å². The average molecular weight is 441 g/mol. The van der Waals surface area contributed by atoms with Gasteiger partial charge in [0.2, 0.25) is 0 Å². The number of hydrogen-bond acceptors (Lipinski definition) is 1. The van der Waals surface area contributed by atoms with Gasteiger partial charge in [0.05, 0.1) is 22.1 Å². The molecular formula is C31H24N2O. The van der Waals surface area contributed by atoms with E-state index in [4.69, 9.17) is 4.42 Å².